The number of aliphatic hydroxyl groups excluding tert-OH is 5. The molecule has 0 aromatic heterocycles. The molecule has 61 heavy (non-hydrogen) atoms. The maximum atomic E-state index is 13.2. The first-order chi connectivity index (χ1) is 28.8. The van der Waals surface area contributed by atoms with E-state index in [2.05, 4.69) is 26.6 Å². The van der Waals surface area contributed by atoms with Gasteiger partial charge in [-0.3, -0.25) is 33.6 Å². The molecular formula is C39H61N7O15. The quantitative estimate of drug-likeness (QED) is 0.0462. The Hall–Kier alpha value is -4.81. The average molecular weight is 868 g/mol. The maximum absolute atomic E-state index is 13.2. The molecule has 1 aliphatic heterocycles. The number of carbonyl (C=O) groups excluding carboxylic acids is 7. The van der Waals surface area contributed by atoms with Gasteiger partial charge >= 0.3 is 0 Å². The van der Waals surface area contributed by atoms with Crippen molar-refractivity contribution >= 4 is 41.4 Å². The molecule has 1 saturated carbocycles. The number of hydrogen-bond acceptors (Lipinski definition) is 15. The molecule has 14 N–H and O–H groups in total. The summed E-state index contributed by atoms with van der Waals surface area (Å²) < 4.78 is 17.6. The maximum Gasteiger partial charge on any atom is 0.249 e. The van der Waals surface area contributed by atoms with Crippen LogP contribution in [0.3, 0.4) is 0 Å². The number of ether oxygens (including phenoxy) is 3. The van der Waals surface area contributed by atoms with Crippen LogP contribution < -0.4 is 38.1 Å². The number of rotatable bonds is 23. The second kappa shape index (κ2) is 24.6. The van der Waals surface area contributed by atoms with E-state index in [1.165, 1.54) is 20.8 Å². The molecule has 1 aromatic rings. The van der Waals surface area contributed by atoms with Gasteiger partial charge in [0.05, 0.1) is 25.4 Å². The third-order valence-electron chi connectivity index (χ3n) is 10.4. The van der Waals surface area contributed by atoms with E-state index >= 15 is 0 Å². The smallest absolute Gasteiger partial charge is 0.249 e. The number of nitrogens with one attached hydrogen (secondary N) is 5. The van der Waals surface area contributed by atoms with E-state index in [-0.39, 0.29) is 45.3 Å². The molecule has 1 heterocycles. The molecule has 22 heteroatoms. The standard InChI is InChI=1S/C39H61N7O15/c1-19(43-37(57)20(2)60-33-30(44-21(3)48)39(61-28(17-47)32(33)53)59-18-22-9-5-4-6-10-22)36(56)46-25(35(41)55)12-13-29(51)45-24(34(40)54)11-7-8-14-42-38(58)23-15-26(49)31(52)27(50)16-23/h4-6,9-10,19-20,23-28,30-33,39,47,49-50,52-53H,7-8,11-18H2,1-3H3,(H2,40,54)(H2,41,55)(H,42,58)(H,43,57)(H,44,48)(H,45,51)(H,46,56)/t19-,20+,23?,24-,25+,26?,27?,28+,30+,31?,32+,33+,39-/m0/s1. The Labute approximate surface area is 352 Å². The summed E-state index contributed by atoms with van der Waals surface area (Å²) in [6.45, 7) is 3.44. The first-order valence-electron chi connectivity index (χ1n) is 20.2. The van der Waals surface area contributed by atoms with E-state index in [4.69, 9.17) is 25.7 Å². The van der Waals surface area contributed by atoms with Crippen molar-refractivity contribution in [2.45, 2.75) is 146 Å². The van der Waals surface area contributed by atoms with Crippen molar-refractivity contribution in [2.75, 3.05) is 13.2 Å². The molecule has 7 amide bonds. The summed E-state index contributed by atoms with van der Waals surface area (Å²) in [5.74, 6) is -5.78. The molecular weight excluding hydrogens is 806 g/mol. The van der Waals surface area contributed by atoms with Crippen LogP contribution in [0.25, 0.3) is 0 Å². The molecule has 2 unspecified atom stereocenters. The lowest BCUT2D eigenvalue weighted by atomic mass is 9.83. The molecule has 0 bridgehead atoms. The molecule has 22 nitrogen and oxygen atoms in total. The highest BCUT2D eigenvalue weighted by Crippen LogP contribution is 2.27. The van der Waals surface area contributed by atoms with Gasteiger partial charge in [-0.05, 0) is 57.9 Å². The zero-order chi connectivity index (χ0) is 45.4. The van der Waals surface area contributed by atoms with Crippen LogP contribution in [0.4, 0.5) is 0 Å². The van der Waals surface area contributed by atoms with Gasteiger partial charge in [0.25, 0.3) is 0 Å². The van der Waals surface area contributed by atoms with Crippen molar-refractivity contribution in [3.8, 4) is 0 Å². The minimum Gasteiger partial charge on any atom is -0.394 e. The van der Waals surface area contributed by atoms with Crippen LogP contribution in [0.1, 0.15) is 71.3 Å². The van der Waals surface area contributed by atoms with E-state index in [0.717, 1.165) is 5.56 Å². The molecule has 3 rings (SSSR count). The number of amides is 7. The van der Waals surface area contributed by atoms with E-state index in [0.29, 0.717) is 12.8 Å². The van der Waals surface area contributed by atoms with E-state index in [1.54, 1.807) is 24.3 Å². The van der Waals surface area contributed by atoms with Crippen LogP contribution in [0.5, 0.6) is 0 Å². The summed E-state index contributed by atoms with van der Waals surface area (Å²) in [4.78, 5) is 87.9. The Balaban J connectivity index is 1.48. The van der Waals surface area contributed by atoms with Gasteiger partial charge < -0.3 is 77.8 Å². The highest BCUT2D eigenvalue weighted by atomic mass is 16.7. The molecule has 1 aromatic carbocycles. The number of nitrogens with two attached hydrogens (primary N) is 2. The molecule has 0 spiro atoms. The van der Waals surface area contributed by atoms with Crippen molar-refractivity contribution in [3.05, 3.63) is 35.9 Å². The highest BCUT2D eigenvalue weighted by molar-refractivity contribution is 5.92. The van der Waals surface area contributed by atoms with Gasteiger partial charge in [-0.2, -0.15) is 0 Å². The first-order valence-corrected chi connectivity index (χ1v) is 20.2. The number of benzene rings is 1. The van der Waals surface area contributed by atoms with Crippen LogP contribution in [0.15, 0.2) is 30.3 Å². The Morgan fingerprint density at radius 1 is 0.836 bits per heavy atom. The molecule has 0 radical (unpaired) electrons. The van der Waals surface area contributed by atoms with Gasteiger partial charge in [-0.15, -0.1) is 0 Å². The van der Waals surface area contributed by atoms with Gasteiger partial charge in [0.2, 0.25) is 41.4 Å². The number of primary amides is 2. The van der Waals surface area contributed by atoms with E-state index in [9.17, 15) is 59.1 Å². The molecule has 2 aliphatic rings. The average Bonchev–Trinajstić information content (AvgIpc) is 3.21. The predicted octanol–water partition coefficient (Wildman–Crippen LogP) is -4.44. The Morgan fingerprint density at radius 3 is 2.05 bits per heavy atom. The van der Waals surface area contributed by atoms with Crippen molar-refractivity contribution in [3.63, 3.8) is 0 Å². The van der Waals surface area contributed by atoms with Crippen molar-refractivity contribution in [1.82, 2.24) is 26.6 Å². The fraction of sp³-hybridized carbons (Fsp3) is 0.667. The highest BCUT2D eigenvalue weighted by Gasteiger charge is 2.48. The largest absolute Gasteiger partial charge is 0.394 e. The third kappa shape index (κ3) is 15.9. The summed E-state index contributed by atoms with van der Waals surface area (Å²) in [5.41, 5.74) is 11.7. The van der Waals surface area contributed by atoms with Gasteiger partial charge in [-0.1, -0.05) is 30.3 Å². The van der Waals surface area contributed by atoms with Gasteiger partial charge in [-0.25, -0.2) is 0 Å². The van der Waals surface area contributed by atoms with Crippen molar-refractivity contribution < 1.29 is 73.3 Å². The number of carbonyl (C=O) groups is 7. The second-order valence-corrected chi connectivity index (χ2v) is 15.3. The lowest BCUT2D eigenvalue weighted by molar-refractivity contribution is -0.283. The summed E-state index contributed by atoms with van der Waals surface area (Å²) in [6, 6.07) is 4.13. The topological polar surface area (TPSA) is 361 Å². The van der Waals surface area contributed by atoms with Crippen LogP contribution in [-0.4, -0.2) is 153 Å². The second-order valence-electron chi connectivity index (χ2n) is 15.3. The summed E-state index contributed by atoms with van der Waals surface area (Å²) in [5, 5.41) is 62.9. The predicted molar refractivity (Wildman–Crippen MR) is 212 cm³/mol. The van der Waals surface area contributed by atoms with Gasteiger partial charge in [0, 0.05) is 25.8 Å². The molecule has 1 saturated heterocycles. The van der Waals surface area contributed by atoms with Crippen LogP contribution >= 0.6 is 0 Å². The monoisotopic (exact) mass is 867 g/mol. The van der Waals surface area contributed by atoms with Crippen molar-refractivity contribution in [2.24, 2.45) is 17.4 Å². The SMILES string of the molecule is CC(=O)N[C@H]1[C@@H](OCc2ccccc2)O[C@H](CO)[C@@H](O)[C@@H]1O[C@H](C)C(=O)N[C@@H](C)C(=O)N[C@H](CCC(=O)N[C@@H](CCCCNC(=O)C1CC(O)C(O)C(O)C1)C(N)=O)C(N)=O. The Morgan fingerprint density at radius 2 is 1.46 bits per heavy atom. The number of hydrogen-bond donors (Lipinski definition) is 12. The Bertz CT molecular complexity index is 1630. The van der Waals surface area contributed by atoms with E-state index in [1.807, 2.05) is 6.07 Å². The summed E-state index contributed by atoms with van der Waals surface area (Å²) in [7, 11) is 0. The zero-order valence-electron chi connectivity index (χ0n) is 34.4. The molecule has 2 fully saturated rings. The molecule has 342 valence electrons. The lowest BCUT2D eigenvalue weighted by Gasteiger charge is -2.44. The van der Waals surface area contributed by atoms with Crippen LogP contribution in [0, 0.1) is 5.92 Å². The Kier molecular flexibility index (Phi) is 20.4. The molecule has 1 aliphatic carbocycles. The van der Waals surface area contributed by atoms with Gasteiger partial charge in [0.15, 0.2) is 6.29 Å². The zero-order valence-corrected chi connectivity index (χ0v) is 34.4. The van der Waals surface area contributed by atoms with Gasteiger partial charge in [0.1, 0.15) is 54.7 Å². The third-order valence-corrected chi connectivity index (χ3v) is 10.4. The summed E-state index contributed by atoms with van der Waals surface area (Å²) in [6.07, 6.45) is -10.2. The van der Waals surface area contributed by atoms with Crippen LogP contribution in [0.2, 0.25) is 0 Å². The molecule has 11 atom stereocenters. The normalized spacial score (nSPS) is 27.0. The first kappa shape index (κ1) is 50.5. The minimum atomic E-state index is -1.53. The minimum absolute atomic E-state index is 0.00127. The van der Waals surface area contributed by atoms with Crippen LogP contribution in [-0.2, 0) is 54.4 Å². The fourth-order valence-corrected chi connectivity index (χ4v) is 6.87. The summed E-state index contributed by atoms with van der Waals surface area (Å²) >= 11 is 0. The van der Waals surface area contributed by atoms with E-state index < -0.39 is 127 Å². The van der Waals surface area contributed by atoms with Crippen molar-refractivity contribution in [1.29, 1.82) is 0 Å². The lowest BCUT2D eigenvalue weighted by Crippen LogP contribution is -2.66. The number of aliphatic hydroxyl groups is 5. The number of unbranched alkanes of at least 4 members (excludes halogenated alkanes) is 1. The fourth-order valence-electron chi connectivity index (χ4n) is 6.87.